The van der Waals surface area contributed by atoms with Crippen molar-refractivity contribution in [1.29, 1.82) is 0 Å². The fourth-order valence-corrected chi connectivity index (χ4v) is 2.87. The van der Waals surface area contributed by atoms with E-state index in [1.54, 1.807) is 67.6 Å². The van der Waals surface area contributed by atoms with Crippen molar-refractivity contribution in [2.24, 2.45) is 11.5 Å². The summed E-state index contributed by atoms with van der Waals surface area (Å²) in [7, 11) is 0. The van der Waals surface area contributed by atoms with Crippen LogP contribution in [-0.2, 0) is 14.2 Å². The average molecular weight is 370 g/mol. The van der Waals surface area contributed by atoms with Crippen LogP contribution in [0.3, 0.4) is 0 Å². The molecule has 4 N–H and O–H groups in total. The van der Waals surface area contributed by atoms with Crippen molar-refractivity contribution in [3.8, 4) is 0 Å². The van der Waals surface area contributed by atoms with Crippen molar-refractivity contribution >= 4 is 11.9 Å². The molecule has 0 saturated carbocycles. The summed E-state index contributed by atoms with van der Waals surface area (Å²) in [6.07, 6.45) is -2.51. The topological polar surface area (TPSA) is 114 Å². The summed E-state index contributed by atoms with van der Waals surface area (Å²) < 4.78 is 16.5. The zero-order chi connectivity index (χ0) is 19.4. The highest BCUT2D eigenvalue weighted by molar-refractivity contribution is 5.90. The van der Waals surface area contributed by atoms with E-state index in [-0.39, 0.29) is 6.61 Å². The lowest BCUT2D eigenvalue weighted by Crippen LogP contribution is -2.58. The molecule has 1 aliphatic heterocycles. The Morgan fingerprint density at radius 3 is 2.07 bits per heavy atom. The fraction of sp³-hybridized carbons (Fsp3) is 0.300. The molecule has 0 bridgehead atoms. The van der Waals surface area contributed by atoms with Crippen LogP contribution >= 0.6 is 0 Å². The molecular weight excluding hydrogens is 348 g/mol. The van der Waals surface area contributed by atoms with Crippen molar-refractivity contribution in [3.05, 3.63) is 71.8 Å². The van der Waals surface area contributed by atoms with Gasteiger partial charge in [-0.05, 0) is 31.2 Å². The Morgan fingerprint density at radius 1 is 1.00 bits per heavy atom. The molecule has 1 aliphatic rings. The van der Waals surface area contributed by atoms with Crippen LogP contribution in [0.4, 0.5) is 0 Å². The number of nitrogens with two attached hydrogens (primary N) is 2. The summed E-state index contributed by atoms with van der Waals surface area (Å²) in [5.41, 5.74) is 11.8. The maximum atomic E-state index is 12.4. The minimum Gasteiger partial charge on any atom is -0.459 e. The highest BCUT2D eigenvalue weighted by atomic mass is 16.6. The second-order valence-corrected chi connectivity index (χ2v) is 6.62. The molecule has 7 heteroatoms. The number of hydrogen-bond donors (Lipinski definition) is 2. The van der Waals surface area contributed by atoms with Crippen LogP contribution in [0.5, 0.6) is 0 Å². The Bertz CT molecular complexity index is 795. The smallest absolute Gasteiger partial charge is 0.338 e. The van der Waals surface area contributed by atoms with E-state index in [4.69, 9.17) is 25.7 Å². The van der Waals surface area contributed by atoms with Crippen molar-refractivity contribution in [2.75, 3.05) is 6.61 Å². The van der Waals surface area contributed by atoms with Crippen LogP contribution in [0, 0.1) is 0 Å². The summed E-state index contributed by atoms with van der Waals surface area (Å²) in [6, 6.07) is 17.1. The molecule has 7 nitrogen and oxygen atoms in total. The fourth-order valence-electron chi connectivity index (χ4n) is 2.87. The van der Waals surface area contributed by atoms with Gasteiger partial charge in [0.25, 0.3) is 0 Å². The van der Waals surface area contributed by atoms with Crippen LogP contribution in [0.15, 0.2) is 60.7 Å². The van der Waals surface area contributed by atoms with Crippen molar-refractivity contribution in [3.63, 3.8) is 0 Å². The van der Waals surface area contributed by atoms with Crippen LogP contribution in [0.2, 0.25) is 0 Å². The van der Waals surface area contributed by atoms with Crippen LogP contribution in [-0.4, -0.2) is 42.5 Å². The Labute approximate surface area is 157 Å². The van der Waals surface area contributed by atoms with E-state index in [0.29, 0.717) is 11.1 Å². The quantitative estimate of drug-likeness (QED) is 0.766. The monoisotopic (exact) mass is 370 g/mol. The molecule has 27 heavy (non-hydrogen) atoms. The molecule has 142 valence electrons. The number of hydrogen-bond acceptors (Lipinski definition) is 7. The maximum absolute atomic E-state index is 12.4. The van der Waals surface area contributed by atoms with Crippen LogP contribution < -0.4 is 11.5 Å². The van der Waals surface area contributed by atoms with Crippen LogP contribution in [0.1, 0.15) is 27.6 Å². The zero-order valence-corrected chi connectivity index (χ0v) is 14.9. The minimum absolute atomic E-state index is 0.138. The van der Waals surface area contributed by atoms with E-state index in [1.165, 1.54) is 0 Å². The first-order chi connectivity index (χ1) is 12.9. The number of carbonyl (C=O) groups is 2. The molecule has 2 aromatic rings. The molecule has 0 aliphatic carbocycles. The predicted octanol–water partition coefficient (Wildman–Crippen LogP) is 1.47. The molecule has 0 aromatic heterocycles. The van der Waals surface area contributed by atoms with E-state index in [0.717, 1.165) is 0 Å². The number of ether oxygens (including phenoxy) is 3. The van der Waals surface area contributed by atoms with Gasteiger partial charge >= 0.3 is 11.9 Å². The Balaban J connectivity index is 1.69. The third-order valence-corrected chi connectivity index (χ3v) is 4.52. The largest absolute Gasteiger partial charge is 0.459 e. The lowest BCUT2D eigenvalue weighted by atomic mass is 9.93. The normalized spacial score (nSPS) is 27.1. The first kappa shape index (κ1) is 19.0. The van der Waals surface area contributed by atoms with Gasteiger partial charge in [0.2, 0.25) is 0 Å². The van der Waals surface area contributed by atoms with E-state index >= 15 is 0 Å². The molecular formula is C20H22N2O5. The molecule has 0 radical (unpaired) electrons. The summed E-state index contributed by atoms with van der Waals surface area (Å²) >= 11 is 0. The Morgan fingerprint density at radius 2 is 1.52 bits per heavy atom. The summed E-state index contributed by atoms with van der Waals surface area (Å²) in [5.74, 6) is -1.05. The molecule has 1 fully saturated rings. The molecule has 2 unspecified atom stereocenters. The third kappa shape index (κ3) is 4.16. The van der Waals surface area contributed by atoms with E-state index in [2.05, 4.69) is 0 Å². The van der Waals surface area contributed by atoms with Gasteiger partial charge in [-0.15, -0.1) is 0 Å². The SMILES string of the molecule is C[C@]1(N)C(N)O[C@H](COC(=O)c2ccccc2)C1OC(=O)c1ccccc1. The summed E-state index contributed by atoms with van der Waals surface area (Å²) in [5, 5.41) is 0. The lowest BCUT2D eigenvalue weighted by molar-refractivity contribution is -0.0416. The van der Waals surface area contributed by atoms with Gasteiger partial charge in [-0.3, -0.25) is 0 Å². The van der Waals surface area contributed by atoms with Crippen LogP contribution in [0.25, 0.3) is 0 Å². The molecule has 0 amide bonds. The molecule has 4 atom stereocenters. The highest BCUT2D eigenvalue weighted by Gasteiger charge is 2.52. The van der Waals surface area contributed by atoms with Gasteiger partial charge < -0.3 is 25.7 Å². The Kier molecular flexibility index (Phi) is 5.55. The number of benzene rings is 2. The zero-order valence-electron chi connectivity index (χ0n) is 14.9. The second kappa shape index (κ2) is 7.87. The van der Waals surface area contributed by atoms with Crippen molar-refractivity contribution < 1.29 is 23.8 Å². The third-order valence-electron chi connectivity index (χ3n) is 4.52. The first-order valence-corrected chi connectivity index (χ1v) is 8.57. The Hall–Kier alpha value is -2.74. The van der Waals surface area contributed by atoms with Gasteiger partial charge in [0, 0.05) is 0 Å². The van der Waals surface area contributed by atoms with Gasteiger partial charge in [-0.25, -0.2) is 9.59 Å². The van der Waals surface area contributed by atoms with Crippen molar-refractivity contribution in [2.45, 2.75) is 30.9 Å². The van der Waals surface area contributed by atoms with Gasteiger partial charge in [-0.1, -0.05) is 36.4 Å². The predicted molar refractivity (Wildman–Crippen MR) is 97.8 cm³/mol. The van der Waals surface area contributed by atoms with Gasteiger partial charge in [-0.2, -0.15) is 0 Å². The van der Waals surface area contributed by atoms with Gasteiger partial charge in [0.15, 0.2) is 6.10 Å². The average Bonchev–Trinajstić information content (AvgIpc) is 2.90. The van der Waals surface area contributed by atoms with Crippen molar-refractivity contribution in [1.82, 2.24) is 0 Å². The second-order valence-electron chi connectivity index (χ2n) is 6.62. The molecule has 3 rings (SSSR count). The molecule has 1 heterocycles. The minimum atomic E-state index is -1.13. The number of carbonyl (C=O) groups excluding carboxylic acids is 2. The molecule has 0 spiro atoms. The standard InChI is InChI=1S/C20H22N2O5/c1-20(22)16(27-18(24)14-10-6-3-7-11-14)15(26-19(20)21)12-25-17(23)13-8-4-2-5-9-13/h2-11,15-16,19H,12,21-22H2,1H3/t15-,16?,19?,20-/m1/s1. The van der Waals surface area contributed by atoms with E-state index in [1.807, 2.05) is 0 Å². The number of esters is 2. The highest BCUT2D eigenvalue weighted by Crippen LogP contribution is 2.30. The lowest BCUT2D eigenvalue weighted by Gasteiger charge is -2.29. The van der Waals surface area contributed by atoms with Gasteiger partial charge in [0.05, 0.1) is 16.7 Å². The number of rotatable bonds is 5. The maximum Gasteiger partial charge on any atom is 0.338 e. The first-order valence-electron chi connectivity index (χ1n) is 8.57. The van der Waals surface area contributed by atoms with Gasteiger partial charge in [0.1, 0.15) is 18.9 Å². The summed E-state index contributed by atoms with van der Waals surface area (Å²) in [4.78, 5) is 24.6. The molecule has 1 saturated heterocycles. The summed E-state index contributed by atoms with van der Waals surface area (Å²) in [6.45, 7) is 1.50. The van der Waals surface area contributed by atoms with E-state index in [9.17, 15) is 9.59 Å². The molecule has 2 aromatic carbocycles. The van der Waals surface area contributed by atoms with E-state index < -0.39 is 35.9 Å².